The Balaban J connectivity index is 0.00000480. The van der Waals surface area contributed by atoms with Crippen LogP contribution in [0, 0.1) is 0 Å². The molecular formula is C21H38IN5O3S. The minimum atomic E-state index is -3.46. The smallest absolute Gasteiger partial charge is 0.243 e. The maximum Gasteiger partial charge on any atom is 0.243 e. The van der Waals surface area contributed by atoms with Crippen LogP contribution in [0.4, 0.5) is 0 Å². The molecule has 178 valence electrons. The summed E-state index contributed by atoms with van der Waals surface area (Å²) < 4.78 is 31.9. The van der Waals surface area contributed by atoms with E-state index in [-0.39, 0.29) is 30.0 Å². The summed E-state index contributed by atoms with van der Waals surface area (Å²) in [5.74, 6) is 0.774. The molecule has 1 aliphatic rings. The predicted octanol–water partition coefficient (Wildman–Crippen LogP) is 2.11. The zero-order valence-electron chi connectivity index (χ0n) is 19.1. The Kier molecular flexibility index (Phi) is 12.9. The first-order chi connectivity index (χ1) is 14.3. The van der Waals surface area contributed by atoms with Crippen LogP contribution in [0.15, 0.2) is 34.2 Å². The SMILES string of the molecule is CCNC(=NCc1ccc(S(=O)(=O)N(C)C(C)C)cc1)NCCCN1CCOCC1.I. The summed E-state index contributed by atoms with van der Waals surface area (Å²) in [5.41, 5.74) is 0.965. The summed E-state index contributed by atoms with van der Waals surface area (Å²) in [6.07, 6.45) is 1.04. The van der Waals surface area contributed by atoms with Gasteiger partial charge in [0.25, 0.3) is 0 Å². The van der Waals surface area contributed by atoms with Crippen molar-refractivity contribution < 1.29 is 13.2 Å². The number of hydrogen-bond donors (Lipinski definition) is 2. The van der Waals surface area contributed by atoms with E-state index in [9.17, 15) is 8.42 Å². The maximum atomic E-state index is 12.6. The predicted molar refractivity (Wildman–Crippen MR) is 137 cm³/mol. The van der Waals surface area contributed by atoms with Gasteiger partial charge in [-0.1, -0.05) is 12.1 Å². The molecule has 1 fully saturated rings. The quantitative estimate of drug-likeness (QED) is 0.195. The van der Waals surface area contributed by atoms with Crippen molar-refractivity contribution in [2.75, 3.05) is 53.0 Å². The van der Waals surface area contributed by atoms with Crippen LogP contribution in [0.2, 0.25) is 0 Å². The lowest BCUT2D eigenvalue weighted by Gasteiger charge is -2.26. The molecule has 1 aliphatic heterocycles. The summed E-state index contributed by atoms with van der Waals surface area (Å²) in [4.78, 5) is 7.35. The van der Waals surface area contributed by atoms with E-state index >= 15 is 0 Å². The molecule has 1 heterocycles. The molecule has 0 atom stereocenters. The Labute approximate surface area is 204 Å². The summed E-state index contributed by atoms with van der Waals surface area (Å²) in [5, 5.41) is 6.63. The fourth-order valence-electron chi connectivity index (χ4n) is 3.06. The highest BCUT2D eigenvalue weighted by Gasteiger charge is 2.22. The zero-order valence-corrected chi connectivity index (χ0v) is 22.3. The van der Waals surface area contributed by atoms with Gasteiger partial charge in [0.05, 0.1) is 24.7 Å². The molecule has 1 saturated heterocycles. The number of hydrogen-bond acceptors (Lipinski definition) is 5. The van der Waals surface area contributed by atoms with Gasteiger partial charge < -0.3 is 15.4 Å². The minimum absolute atomic E-state index is 0. The zero-order chi connectivity index (χ0) is 22.0. The molecule has 1 aromatic rings. The average Bonchev–Trinajstić information content (AvgIpc) is 2.75. The van der Waals surface area contributed by atoms with E-state index in [1.807, 2.05) is 32.9 Å². The Morgan fingerprint density at radius 1 is 1.19 bits per heavy atom. The van der Waals surface area contributed by atoms with Gasteiger partial charge in [-0.3, -0.25) is 4.90 Å². The number of guanidine groups is 1. The van der Waals surface area contributed by atoms with Gasteiger partial charge in [0, 0.05) is 39.3 Å². The largest absolute Gasteiger partial charge is 0.379 e. The van der Waals surface area contributed by atoms with Crippen molar-refractivity contribution in [1.82, 2.24) is 19.8 Å². The number of aliphatic imine (C=N–C) groups is 1. The van der Waals surface area contributed by atoms with Gasteiger partial charge in [0.2, 0.25) is 10.0 Å². The van der Waals surface area contributed by atoms with Crippen molar-refractivity contribution in [3.05, 3.63) is 29.8 Å². The van der Waals surface area contributed by atoms with Crippen molar-refractivity contribution in [2.24, 2.45) is 4.99 Å². The van der Waals surface area contributed by atoms with E-state index in [4.69, 9.17) is 4.74 Å². The standard InChI is InChI=1S/C21H37N5O3S.HI/c1-5-22-21(23-11-6-12-26-13-15-29-16-14-26)24-17-19-7-9-20(10-8-19)30(27,28)25(4)18(2)3;/h7-10,18H,5-6,11-17H2,1-4H3,(H2,22,23,24);1H. The highest BCUT2D eigenvalue weighted by molar-refractivity contribution is 14.0. The number of ether oxygens (including phenoxy) is 1. The van der Waals surface area contributed by atoms with Crippen LogP contribution in [0.5, 0.6) is 0 Å². The third-order valence-corrected chi connectivity index (χ3v) is 7.19. The molecule has 0 bridgehead atoms. The average molecular weight is 568 g/mol. The number of morpholine rings is 1. The molecule has 2 N–H and O–H groups in total. The summed E-state index contributed by atoms with van der Waals surface area (Å²) in [7, 11) is -1.86. The Hall–Kier alpha value is -0.950. The van der Waals surface area contributed by atoms with Gasteiger partial charge in [-0.2, -0.15) is 4.31 Å². The highest BCUT2D eigenvalue weighted by Crippen LogP contribution is 2.17. The van der Waals surface area contributed by atoms with Gasteiger partial charge in [0.15, 0.2) is 5.96 Å². The first kappa shape index (κ1) is 28.1. The Morgan fingerprint density at radius 3 is 2.42 bits per heavy atom. The molecule has 0 aromatic heterocycles. The molecule has 1 aromatic carbocycles. The molecule has 0 saturated carbocycles. The second-order valence-electron chi connectivity index (χ2n) is 7.69. The van der Waals surface area contributed by atoms with Crippen LogP contribution in [0.1, 0.15) is 32.8 Å². The molecule has 0 spiro atoms. The van der Waals surface area contributed by atoms with Gasteiger partial charge in [-0.25, -0.2) is 13.4 Å². The second-order valence-corrected chi connectivity index (χ2v) is 9.69. The van der Waals surface area contributed by atoms with Crippen LogP contribution < -0.4 is 10.6 Å². The minimum Gasteiger partial charge on any atom is -0.379 e. The summed E-state index contributed by atoms with van der Waals surface area (Å²) >= 11 is 0. The number of rotatable bonds is 10. The van der Waals surface area contributed by atoms with Gasteiger partial charge in [0.1, 0.15) is 0 Å². The monoisotopic (exact) mass is 567 g/mol. The molecule has 10 heteroatoms. The van der Waals surface area contributed by atoms with Crippen LogP contribution in [-0.2, 0) is 21.3 Å². The third kappa shape index (κ3) is 9.21. The van der Waals surface area contributed by atoms with Crippen molar-refractivity contribution in [1.29, 1.82) is 0 Å². The maximum absolute atomic E-state index is 12.6. The number of benzene rings is 1. The lowest BCUT2D eigenvalue weighted by atomic mass is 10.2. The number of nitrogens with one attached hydrogen (secondary N) is 2. The summed E-state index contributed by atoms with van der Waals surface area (Å²) in [6.45, 7) is 12.6. The second kappa shape index (κ2) is 14.2. The van der Waals surface area contributed by atoms with E-state index in [0.717, 1.165) is 63.9 Å². The topological polar surface area (TPSA) is 86.3 Å². The first-order valence-electron chi connectivity index (χ1n) is 10.7. The van der Waals surface area contributed by atoms with Crippen LogP contribution >= 0.6 is 24.0 Å². The number of sulfonamides is 1. The highest BCUT2D eigenvalue weighted by atomic mass is 127. The van der Waals surface area contributed by atoms with Crippen molar-refractivity contribution in [3.63, 3.8) is 0 Å². The van der Waals surface area contributed by atoms with Gasteiger partial charge in [-0.05, 0) is 51.4 Å². The molecule has 2 rings (SSSR count). The van der Waals surface area contributed by atoms with Crippen molar-refractivity contribution in [2.45, 2.75) is 44.7 Å². The number of nitrogens with zero attached hydrogens (tertiary/aromatic N) is 3. The van der Waals surface area contributed by atoms with Crippen molar-refractivity contribution >= 4 is 40.0 Å². The molecule has 0 aliphatic carbocycles. The number of halogens is 1. The Morgan fingerprint density at radius 2 is 1.84 bits per heavy atom. The van der Waals surface area contributed by atoms with Gasteiger partial charge in [-0.15, -0.1) is 24.0 Å². The van der Waals surface area contributed by atoms with Crippen molar-refractivity contribution in [3.8, 4) is 0 Å². The van der Waals surface area contributed by atoms with E-state index in [1.54, 1.807) is 19.2 Å². The van der Waals surface area contributed by atoms with E-state index < -0.39 is 10.0 Å². The lowest BCUT2D eigenvalue weighted by Crippen LogP contribution is -2.40. The first-order valence-corrected chi connectivity index (χ1v) is 12.2. The van der Waals surface area contributed by atoms with E-state index in [0.29, 0.717) is 11.4 Å². The fraction of sp³-hybridized carbons (Fsp3) is 0.667. The van der Waals surface area contributed by atoms with Crippen LogP contribution in [0.3, 0.4) is 0 Å². The molecule has 8 nitrogen and oxygen atoms in total. The molecule has 0 amide bonds. The fourth-order valence-corrected chi connectivity index (χ4v) is 4.42. The molecule has 0 unspecified atom stereocenters. The van der Waals surface area contributed by atoms with E-state index in [2.05, 4.69) is 20.5 Å². The van der Waals surface area contributed by atoms with Gasteiger partial charge >= 0.3 is 0 Å². The summed E-state index contributed by atoms with van der Waals surface area (Å²) in [6, 6.07) is 6.87. The molecular weight excluding hydrogens is 529 g/mol. The molecule has 0 radical (unpaired) electrons. The third-order valence-electron chi connectivity index (χ3n) is 5.14. The lowest BCUT2D eigenvalue weighted by molar-refractivity contribution is 0.0376. The van der Waals surface area contributed by atoms with E-state index in [1.165, 1.54) is 4.31 Å². The van der Waals surface area contributed by atoms with Crippen LogP contribution in [0.25, 0.3) is 0 Å². The van der Waals surface area contributed by atoms with Crippen LogP contribution in [-0.4, -0.2) is 82.6 Å². The Bertz CT molecular complexity index is 766. The normalized spacial score (nSPS) is 15.7. The molecule has 31 heavy (non-hydrogen) atoms.